The predicted octanol–water partition coefficient (Wildman–Crippen LogP) is -0.0608. The highest BCUT2D eigenvalue weighted by molar-refractivity contribution is 6.30. The maximum atomic E-state index is 11.8. The molecule has 1 aromatic rings. The predicted molar refractivity (Wildman–Crippen MR) is 72.4 cm³/mol. The van der Waals surface area contributed by atoms with Gasteiger partial charge in [-0.3, -0.25) is 0 Å². The van der Waals surface area contributed by atoms with Gasteiger partial charge < -0.3 is 24.8 Å². The fourth-order valence-electron chi connectivity index (χ4n) is 1.92. The van der Waals surface area contributed by atoms with Gasteiger partial charge in [0, 0.05) is 5.02 Å². The van der Waals surface area contributed by atoms with Crippen molar-refractivity contribution in [1.29, 1.82) is 0 Å². The molecule has 0 aromatic heterocycles. The molecule has 0 spiro atoms. The molecule has 1 aromatic carbocycles. The van der Waals surface area contributed by atoms with Crippen LogP contribution < -0.4 is 0 Å². The molecule has 4 atom stereocenters. The van der Waals surface area contributed by atoms with Gasteiger partial charge in [0.05, 0.1) is 5.56 Å². The molecule has 2 rings (SSSR count). The number of aliphatic hydroxyl groups excluding tert-OH is 2. The van der Waals surface area contributed by atoms with Crippen LogP contribution in [0.1, 0.15) is 10.4 Å². The smallest absolute Gasteiger partial charge is 0.338 e. The fraction of sp³-hybridized carbons (Fsp3) is 0.357. The molecule has 7 heteroatoms. The Morgan fingerprint density at radius 2 is 2.05 bits per heavy atom. The van der Waals surface area contributed by atoms with Crippen LogP contribution >= 0.6 is 11.6 Å². The minimum absolute atomic E-state index is 0.253. The van der Waals surface area contributed by atoms with Crippen LogP contribution in [0.2, 0.25) is 5.02 Å². The first kappa shape index (κ1) is 15.8. The number of carbonyl (C=O) groups is 1. The van der Waals surface area contributed by atoms with E-state index in [0.29, 0.717) is 5.02 Å². The van der Waals surface area contributed by atoms with Gasteiger partial charge in [0.15, 0.2) is 11.9 Å². The number of halogens is 1. The highest BCUT2D eigenvalue weighted by atomic mass is 35.5. The molecular formula is C14H13ClO6. The van der Waals surface area contributed by atoms with E-state index in [0.717, 1.165) is 0 Å². The molecule has 3 N–H and O–H groups in total. The van der Waals surface area contributed by atoms with Gasteiger partial charge in [0.1, 0.15) is 18.8 Å². The Morgan fingerprint density at radius 1 is 1.43 bits per heavy atom. The largest absolute Gasteiger partial charge is 0.459 e. The van der Waals surface area contributed by atoms with Crippen molar-refractivity contribution in [3.63, 3.8) is 0 Å². The summed E-state index contributed by atoms with van der Waals surface area (Å²) in [5.41, 5.74) is -1.87. The van der Waals surface area contributed by atoms with E-state index in [2.05, 4.69) is 0 Å². The highest BCUT2D eigenvalue weighted by Gasteiger charge is 2.54. The van der Waals surface area contributed by atoms with Crippen molar-refractivity contribution >= 4 is 17.6 Å². The molecule has 1 saturated heterocycles. The molecule has 6 nitrogen and oxygen atoms in total. The summed E-state index contributed by atoms with van der Waals surface area (Å²) < 4.78 is 9.86. The maximum Gasteiger partial charge on any atom is 0.338 e. The van der Waals surface area contributed by atoms with E-state index in [1.165, 1.54) is 24.3 Å². The average molecular weight is 313 g/mol. The summed E-state index contributed by atoms with van der Waals surface area (Å²) in [6.07, 6.45) is 0.580. The number of benzene rings is 1. The fourth-order valence-corrected chi connectivity index (χ4v) is 2.05. The molecule has 1 aliphatic heterocycles. The molecular weight excluding hydrogens is 300 g/mol. The Kier molecular flexibility index (Phi) is 4.52. The number of carbonyl (C=O) groups excluding carboxylic acids is 1. The second-order valence-corrected chi connectivity index (χ2v) is 4.97. The lowest BCUT2D eigenvalue weighted by atomic mass is 9.94. The molecule has 112 valence electrons. The molecule has 1 heterocycles. The number of terminal acetylenes is 1. The lowest BCUT2D eigenvalue weighted by Crippen LogP contribution is -2.48. The third-order valence-corrected chi connectivity index (χ3v) is 3.44. The summed E-state index contributed by atoms with van der Waals surface area (Å²) in [5, 5.41) is 29.5. The molecule has 0 radical (unpaired) electrons. The normalized spacial score (nSPS) is 31.7. The molecule has 21 heavy (non-hydrogen) atoms. The van der Waals surface area contributed by atoms with Crippen molar-refractivity contribution in [3.8, 4) is 12.3 Å². The molecule has 0 bridgehead atoms. The van der Waals surface area contributed by atoms with Crippen LogP contribution in [0.5, 0.6) is 0 Å². The van der Waals surface area contributed by atoms with E-state index in [-0.39, 0.29) is 5.56 Å². The molecule has 0 saturated carbocycles. The van der Waals surface area contributed by atoms with Crippen LogP contribution in [-0.2, 0) is 9.47 Å². The molecule has 0 aliphatic carbocycles. The van der Waals surface area contributed by atoms with E-state index in [1.54, 1.807) is 0 Å². The molecule has 1 aliphatic rings. The van der Waals surface area contributed by atoms with Crippen LogP contribution in [0.3, 0.4) is 0 Å². The summed E-state index contributed by atoms with van der Waals surface area (Å²) in [6, 6.07) is 5.99. The highest BCUT2D eigenvalue weighted by Crippen LogP contribution is 2.30. The van der Waals surface area contributed by atoms with E-state index in [9.17, 15) is 20.1 Å². The maximum absolute atomic E-state index is 11.8. The zero-order chi connectivity index (χ0) is 15.6. The Balaban J connectivity index is 2.01. The van der Waals surface area contributed by atoms with Crippen molar-refractivity contribution in [2.75, 3.05) is 6.61 Å². The van der Waals surface area contributed by atoms with Crippen LogP contribution in [0.4, 0.5) is 0 Å². The zero-order valence-corrected chi connectivity index (χ0v) is 11.5. The number of ether oxygens (including phenoxy) is 2. The van der Waals surface area contributed by atoms with Crippen molar-refractivity contribution in [2.24, 2.45) is 0 Å². The average Bonchev–Trinajstić information content (AvgIpc) is 2.70. The lowest BCUT2D eigenvalue weighted by molar-refractivity contribution is -0.133. The van der Waals surface area contributed by atoms with Gasteiger partial charge in [-0.15, -0.1) is 6.42 Å². The molecule has 1 fully saturated rings. The third kappa shape index (κ3) is 3.02. The second kappa shape index (κ2) is 6.02. The van der Waals surface area contributed by atoms with E-state index in [4.69, 9.17) is 27.5 Å². The van der Waals surface area contributed by atoms with Gasteiger partial charge in [-0.05, 0) is 24.3 Å². The SMILES string of the molecule is C#C[C@@]1(O)[C@@H](COC(=O)c2ccc(Cl)cc2)O[C@H](O)[C@@H]1O. The van der Waals surface area contributed by atoms with Gasteiger partial charge in [0.25, 0.3) is 0 Å². The van der Waals surface area contributed by atoms with Crippen LogP contribution in [0.15, 0.2) is 24.3 Å². The third-order valence-electron chi connectivity index (χ3n) is 3.19. The van der Waals surface area contributed by atoms with Crippen LogP contribution in [0.25, 0.3) is 0 Å². The summed E-state index contributed by atoms with van der Waals surface area (Å²) in [5.74, 6) is 1.28. The first-order chi connectivity index (χ1) is 9.88. The van der Waals surface area contributed by atoms with Gasteiger partial charge in [-0.2, -0.15) is 0 Å². The van der Waals surface area contributed by atoms with Crippen molar-refractivity contribution in [1.82, 2.24) is 0 Å². The number of aliphatic hydroxyl groups is 3. The summed E-state index contributed by atoms with van der Waals surface area (Å²) in [7, 11) is 0. The van der Waals surface area contributed by atoms with Crippen molar-refractivity contribution < 1.29 is 29.6 Å². The summed E-state index contributed by atoms with van der Waals surface area (Å²) in [6.45, 7) is -0.420. The number of rotatable bonds is 3. The van der Waals surface area contributed by atoms with E-state index >= 15 is 0 Å². The Labute approximate surface area is 125 Å². The topological polar surface area (TPSA) is 96.2 Å². The monoisotopic (exact) mass is 312 g/mol. The minimum Gasteiger partial charge on any atom is -0.459 e. The summed E-state index contributed by atoms with van der Waals surface area (Å²) >= 11 is 5.70. The zero-order valence-electron chi connectivity index (χ0n) is 10.8. The Bertz CT molecular complexity index is 566. The van der Waals surface area contributed by atoms with Crippen LogP contribution in [-0.4, -0.2) is 52.0 Å². The Morgan fingerprint density at radius 3 is 2.62 bits per heavy atom. The number of hydrogen-bond acceptors (Lipinski definition) is 6. The quantitative estimate of drug-likeness (QED) is 0.534. The summed E-state index contributed by atoms with van der Waals surface area (Å²) in [4.78, 5) is 11.8. The minimum atomic E-state index is -2.13. The first-order valence-corrected chi connectivity index (χ1v) is 6.40. The molecule has 0 unspecified atom stereocenters. The molecule has 0 amide bonds. The van der Waals surface area contributed by atoms with Crippen molar-refractivity contribution in [3.05, 3.63) is 34.9 Å². The second-order valence-electron chi connectivity index (χ2n) is 4.54. The Hall–Kier alpha value is -1.62. The standard InChI is InChI=1S/C14H13ClO6/c1-2-14(19)10(21-13(18)11(14)16)7-20-12(17)8-3-5-9(15)6-4-8/h1,3-6,10-11,13,16,18-19H,7H2/t10-,11+,13+,14-/m1/s1. The first-order valence-electron chi connectivity index (χ1n) is 6.03. The van der Waals surface area contributed by atoms with Gasteiger partial charge >= 0.3 is 5.97 Å². The van der Waals surface area contributed by atoms with Gasteiger partial charge in [0.2, 0.25) is 0 Å². The van der Waals surface area contributed by atoms with Gasteiger partial charge in [-0.25, -0.2) is 4.79 Å². The van der Waals surface area contributed by atoms with E-state index < -0.39 is 36.7 Å². The number of hydrogen-bond donors (Lipinski definition) is 3. The number of esters is 1. The van der Waals surface area contributed by atoms with Gasteiger partial charge in [-0.1, -0.05) is 17.5 Å². The lowest BCUT2D eigenvalue weighted by Gasteiger charge is -2.24. The van der Waals surface area contributed by atoms with E-state index in [1.807, 2.05) is 5.92 Å². The van der Waals surface area contributed by atoms with Crippen LogP contribution in [0, 0.1) is 12.3 Å². The van der Waals surface area contributed by atoms with Crippen molar-refractivity contribution in [2.45, 2.75) is 24.1 Å².